The van der Waals surface area contributed by atoms with E-state index in [-0.39, 0.29) is 5.69 Å². The van der Waals surface area contributed by atoms with E-state index < -0.39 is 5.91 Å². The summed E-state index contributed by atoms with van der Waals surface area (Å²) in [6, 6.07) is 2.05. The van der Waals surface area contributed by atoms with Crippen molar-refractivity contribution in [2.24, 2.45) is 11.5 Å². The van der Waals surface area contributed by atoms with E-state index in [2.05, 4.69) is 61.5 Å². The second kappa shape index (κ2) is 11.1. The fraction of sp³-hybridized carbons (Fsp3) is 0.208. The number of nitrogens with zero attached hydrogens (tertiary/aromatic N) is 2. The van der Waals surface area contributed by atoms with Crippen LogP contribution < -0.4 is 11.5 Å². The maximum Gasteiger partial charge on any atom is 0.270 e. The van der Waals surface area contributed by atoms with Crippen LogP contribution in [0.5, 0.6) is 0 Å². The molecule has 1 aliphatic rings. The van der Waals surface area contributed by atoms with Gasteiger partial charge in [0.1, 0.15) is 0 Å². The number of aromatic nitrogens is 2. The molecule has 0 atom stereocenters. The summed E-state index contributed by atoms with van der Waals surface area (Å²) in [6.45, 7) is 11.3. The fourth-order valence-electron chi connectivity index (χ4n) is 2.75. The lowest BCUT2D eigenvalue weighted by atomic mass is 10.1. The van der Waals surface area contributed by atoms with Crippen LogP contribution in [-0.4, -0.2) is 16.1 Å². The summed E-state index contributed by atoms with van der Waals surface area (Å²) in [5.74, 6) is -0.581. The molecule has 2 heterocycles. The zero-order valence-corrected chi connectivity index (χ0v) is 18.3. The second-order valence-electron chi connectivity index (χ2n) is 6.77. The predicted molar refractivity (Wildman–Crippen MR) is 128 cm³/mol. The number of primary amides is 1. The molecular formula is C24H28N4OS. The average molecular weight is 421 g/mol. The SMILES string of the molecule is C=C/C=C(\N)Cc1nnc(C(N)=O)c2sc(C3=CC=C(C)C=CC3)cc12.C=CCC. The molecule has 1 aliphatic carbocycles. The quantitative estimate of drug-likeness (QED) is 0.494. The van der Waals surface area contributed by atoms with Crippen molar-refractivity contribution in [1.82, 2.24) is 10.2 Å². The Kier molecular flexibility index (Phi) is 8.50. The molecule has 0 spiro atoms. The molecule has 5 nitrogen and oxygen atoms in total. The van der Waals surface area contributed by atoms with E-state index in [9.17, 15) is 4.79 Å². The van der Waals surface area contributed by atoms with Gasteiger partial charge in [-0.1, -0.05) is 55.5 Å². The van der Waals surface area contributed by atoms with Gasteiger partial charge in [0.25, 0.3) is 5.91 Å². The summed E-state index contributed by atoms with van der Waals surface area (Å²) in [6.07, 6.45) is 16.0. The van der Waals surface area contributed by atoms with Crippen LogP contribution >= 0.6 is 11.3 Å². The normalized spacial score (nSPS) is 13.6. The highest BCUT2D eigenvalue weighted by molar-refractivity contribution is 7.20. The Hall–Kier alpha value is -3.25. The minimum atomic E-state index is -0.581. The number of thiophene rings is 1. The van der Waals surface area contributed by atoms with Crippen LogP contribution in [0.3, 0.4) is 0 Å². The molecule has 0 unspecified atom stereocenters. The van der Waals surface area contributed by atoms with E-state index in [1.807, 2.05) is 12.1 Å². The molecule has 2 aromatic heterocycles. The van der Waals surface area contributed by atoms with Crippen molar-refractivity contribution in [2.75, 3.05) is 0 Å². The highest BCUT2D eigenvalue weighted by Crippen LogP contribution is 2.36. The molecule has 6 heteroatoms. The summed E-state index contributed by atoms with van der Waals surface area (Å²) in [5.41, 5.74) is 15.4. The predicted octanol–water partition coefficient (Wildman–Crippen LogP) is 5.23. The molecule has 0 aromatic carbocycles. The number of amides is 1. The maximum atomic E-state index is 11.8. The fourth-order valence-corrected chi connectivity index (χ4v) is 3.96. The Morgan fingerprint density at radius 2 is 2.00 bits per heavy atom. The van der Waals surface area contributed by atoms with Crippen LogP contribution in [0.15, 0.2) is 73.0 Å². The van der Waals surface area contributed by atoms with Crippen molar-refractivity contribution in [1.29, 1.82) is 0 Å². The number of allylic oxidation sites excluding steroid dienone is 10. The highest BCUT2D eigenvalue weighted by Gasteiger charge is 2.18. The number of carbonyl (C=O) groups is 1. The van der Waals surface area contributed by atoms with Gasteiger partial charge in [0, 0.05) is 22.4 Å². The van der Waals surface area contributed by atoms with Crippen molar-refractivity contribution in [3.63, 3.8) is 0 Å². The lowest BCUT2D eigenvalue weighted by Gasteiger charge is -2.03. The first-order valence-corrected chi connectivity index (χ1v) is 10.5. The van der Waals surface area contributed by atoms with Gasteiger partial charge in [-0.2, -0.15) is 5.10 Å². The van der Waals surface area contributed by atoms with Gasteiger partial charge in [0.15, 0.2) is 5.69 Å². The first kappa shape index (κ1) is 23.0. The van der Waals surface area contributed by atoms with Crippen LogP contribution in [0.2, 0.25) is 0 Å². The van der Waals surface area contributed by atoms with Crippen LogP contribution in [0.1, 0.15) is 47.7 Å². The summed E-state index contributed by atoms with van der Waals surface area (Å²) in [4.78, 5) is 12.8. The molecule has 0 bridgehead atoms. The summed E-state index contributed by atoms with van der Waals surface area (Å²) < 4.78 is 0.749. The third kappa shape index (κ3) is 5.87. The molecule has 30 heavy (non-hydrogen) atoms. The molecule has 0 aliphatic heterocycles. The molecule has 1 amide bonds. The zero-order valence-electron chi connectivity index (χ0n) is 17.5. The molecule has 2 aromatic rings. The average Bonchev–Trinajstić information content (AvgIpc) is 3.05. The van der Waals surface area contributed by atoms with Gasteiger partial charge in [-0.25, -0.2) is 0 Å². The number of fused-ring (bicyclic) bond motifs is 1. The monoisotopic (exact) mass is 420 g/mol. The standard InChI is InChI=1S/C20H20N4OS.C4H8/c1-3-5-14(21)10-16-15-11-17(13-7-4-6-12(2)8-9-13)26-19(15)18(20(22)25)24-23-16;1-3-4-2/h3-6,8-9,11H,1,7,10,21H2,2H3,(H2,22,25);3H,1,4H2,2H3/b14-5-;. The Balaban J connectivity index is 0.000000735. The van der Waals surface area contributed by atoms with Crippen LogP contribution in [0.4, 0.5) is 0 Å². The second-order valence-corrected chi connectivity index (χ2v) is 7.83. The van der Waals surface area contributed by atoms with Crippen molar-refractivity contribution in [2.45, 2.75) is 33.1 Å². The van der Waals surface area contributed by atoms with E-state index in [4.69, 9.17) is 11.5 Å². The van der Waals surface area contributed by atoms with E-state index >= 15 is 0 Å². The van der Waals surface area contributed by atoms with Gasteiger partial charge in [-0.3, -0.25) is 4.79 Å². The molecular weight excluding hydrogens is 392 g/mol. The lowest BCUT2D eigenvalue weighted by Crippen LogP contribution is -2.15. The Morgan fingerprint density at radius 3 is 2.63 bits per heavy atom. The van der Waals surface area contributed by atoms with Crippen molar-refractivity contribution in [3.05, 3.63) is 89.3 Å². The van der Waals surface area contributed by atoms with Gasteiger partial charge in [-0.05, 0) is 37.5 Å². The van der Waals surface area contributed by atoms with Crippen LogP contribution in [0, 0.1) is 0 Å². The highest BCUT2D eigenvalue weighted by atomic mass is 32.1. The number of hydrogen-bond donors (Lipinski definition) is 2. The van der Waals surface area contributed by atoms with Gasteiger partial charge in [0.2, 0.25) is 0 Å². The molecule has 0 radical (unpaired) electrons. The smallest absolute Gasteiger partial charge is 0.270 e. The van der Waals surface area contributed by atoms with Gasteiger partial charge in [-0.15, -0.1) is 23.0 Å². The topological polar surface area (TPSA) is 94.9 Å². The molecule has 0 saturated heterocycles. The lowest BCUT2D eigenvalue weighted by molar-refractivity contribution is 0.0996. The van der Waals surface area contributed by atoms with Gasteiger partial charge < -0.3 is 11.5 Å². The molecule has 3 rings (SSSR count). The largest absolute Gasteiger partial charge is 0.402 e. The van der Waals surface area contributed by atoms with Crippen LogP contribution in [-0.2, 0) is 6.42 Å². The van der Waals surface area contributed by atoms with Crippen molar-refractivity contribution >= 4 is 32.9 Å². The van der Waals surface area contributed by atoms with E-state index in [1.54, 1.807) is 12.2 Å². The van der Waals surface area contributed by atoms with Gasteiger partial charge >= 0.3 is 0 Å². The Morgan fingerprint density at radius 1 is 1.27 bits per heavy atom. The first-order valence-electron chi connectivity index (χ1n) is 9.72. The number of nitrogens with two attached hydrogens (primary N) is 2. The Bertz CT molecular complexity index is 1070. The van der Waals surface area contributed by atoms with Crippen LogP contribution in [0.25, 0.3) is 15.7 Å². The first-order chi connectivity index (χ1) is 14.4. The van der Waals surface area contributed by atoms with E-state index in [0.29, 0.717) is 12.1 Å². The summed E-state index contributed by atoms with van der Waals surface area (Å²) >= 11 is 1.51. The van der Waals surface area contributed by atoms with Crippen molar-refractivity contribution < 1.29 is 4.79 Å². The molecule has 0 fully saturated rings. The molecule has 0 saturated carbocycles. The van der Waals surface area contributed by atoms with Crippen molar-refractivity contribution in [3.8, 4) is 0 Å². The molecule has 4 N–H and O–H groups in total. The third-order valence-corrected chi connectivity index (χ3v) is 5.55. The minimum Gasteiger partial charge on any atom is -0.402 e. The van der Waals surface area contributed by atoms with E-state index in [0.717, 1.165) is 33.5 Å². The maximum absolute atomic E-state index is 11.8. The Labute approximate surface area is 181 Å². The van der Waals surface area contributed by atoms with Gasteiger partial charge in [0.05, 0.1) is 10.4 Å². The molecule has 156 valence electrons. The van der Waals surface area contributed by atoms with E-state index in [1.165, 1.54) is 22.5 Å². The summed E-state index contributed by atoms with van der Waals surface area (Å²) in [5, 5.41) is 9.10. The number of rotatable bonds is 6. The number of carbonyl (C=O) groups excluding carboxylic acids is 1. The third-order valence-electron chi connectivity index (χ3n) is 4.34. The zero-order chi connectivity index (χ0) is 22.1. The number of hydrogen-bond acceptors (Lipinski definition) is 5. The minimum absolute atomic E-state index is 0.197. The summed E-state index contributed by atoms with van der Waals surface area (Å²) in [7, 11) is 0.